The lowest BCUT2D eigenvalue weighted by atomic mass is 9.91. The number of amides is 1. The second kappa shape index (κ2) is 6.11. The van der Waals surface area contributed by atoms with Gasteiger partial charge in [-0.3, -0.25) is 9.59 Å². The Morgan fingerprint density at radius 1 is 1.27 bits per heavy atom. The van der Waals surface area contributed by atoms with Gasteiger partial charge >= 0.3 is 5.97 Å². The summed E-state index contributed by atoms with van der Waals surface area (Å²) in [7, 11) is 0. The molecule has 1 saturated heterocycles. The number of piperidine rings is 1. The molecule has 1 saturated carbocycles. The van der Waals surface area contributed by atoms with Crippen LogP contribution in [0.1, 0.15) is 38.2 Å². The molecule has 0 spiro atoms. The third-order valence-corrected chi connectivity index (χ3v) is 4.81. The number of hydrogen-bond donors (Lipinski definition) is 0. The maximum absolute atomic E-state index is 13.0. The fraction of sp³-hybridized carbons (Fsp3) is 0.556. The predicted molar refractivity (Wildman–Crippen MR) is 83.3 cm³/mol. The average molecular weight is 301 g/mol. The van der Waals surface area contributed by atoms with Gasteiger partial charge in [-0.1, -0.05) is 30.3 Å². The number of nitrogens with zero attached hydrogens (tertiary/aromatic N) is 1. The molecule has 2 aliphatic rings. The topological polar surface area (TPSA) is 46.6 Å². The SMILES string of the molecule is CCOC(=O)C1CCCN(C(=O)C2(c3ccccc3)CC2)C1. The van der Waals surface area contributed by atoms with Crippen molar-refractivity contribution in [2.75, 3.05) is 19.7 Å². The molecule has 0 bridgehead atoms. The van der Waals surface area contributed by atoms with Crippen molar-refractivity contribution in [3.63, 3.8) is 0 Å². The van der Waals surface area contributed by atoms with E-state index in [0.29, 0.717) is 13.2 Å². The van der Waals surface area contributed by atoms with Crippen molar-refractivity contribution in [1.29, 1.82) is 0 Å². The Bertz CT molecular complexity index is 551. The fourth-order valence-electron chi connectivity index (χ4n) is 3.42. The van der Waals surface area contributed by atoms with Crippen LogP contribution in [0.15, 0.2) is 30.3 Å². The molecule has 118 valence electrons. The Morgan fingerprint density at radius 3 is 2.64 bits per heavy atom. The Balaban J connectivity index is 1.71. The summed E-state index contributed by atoms with van der Waals surface area (Å²) in [4.78, 5) is 26.8. The molecule has 3 rings (SSSR count). The third-order valence-electron chi connectivity index (χ3n) is 4.81. The van der Waals surface area contributed by atoms with E-state index in [4.69, 9.17) is 4.74 Å². The molecule has 4 nitrogen and oxygen atoms in total. The highest BCUT2D eigenvalue weighted by Gasteiger charge is 2.53. The predicted octanol–water partition coefficient (Wildman–Crippen LogP) is 2.52. The second-order valence-electron chi connectivity index (χ2n) is 6.29. The van der Waals surface area contributed by atoms with Gasteiger partial charge in [-0.25, -0.2) is 0 Å². The van der Waals surface area contributed by atoms with Gasteiger partial charge in [0.15, 0.2) is 0 Å². The molecule has 1 aromatic rings. The lowest BCUT2D eigenvalue weighted by molar-refractivity contribution is -0.151. The van der Waals surface area contributed by atoms with E-state index < -0.39 is 0 Å². The second-order valence-corrected chi connectivity index (χ2v) is 6.29. The normalized spacial score (nSPS) is 23.0. The minimum Gasteiger partial charge on any atom is -0.466 e. The molecule has 2 fully saturated rings. The summed E-state index contributed by atoms with van der Waals surface area (Å²) < 4.78 is 5.12. The number of hydrogen-bond acceptors (Lipinski definition) is 3. The first kappa shape index (κ1) is 15.1. The largest absolute Gasteiger partial charge is 0.466 e. The van der Waals surface area contributed by atoms with E-state index in [1.165, 1.54) is 0 Å². The number of likely N-dealkylation sites (tertiary alicyclic amines) is 1. The first-order valence-electron chi connectivity index (χ1n) is 8.19. The Labute approximate surface area is 131 Å². The molecule has 0 aromatic heterocycles. The van der Waals surface area contributed by atoms with Gasteiger partial charge in [0.25, 0.3) is 0 Å². The van der Waals surface area contributed by atoms with E-state index in [2.05, 4.69) is 0 Å². The highest BCUT2D eigenvalue weighted by atomic mass is 16.5. The Morgan fingerprint density at radius 2 is 2.00 bits per heavy atom. The monoisotopic (exact) mass is 301 g/mol. The zero-order valence-electron chi connectivity index (χ0n) is 13.1. The van der Waals surface area contributed by atoms with E-state index in [9.17, 15) is 9.59 Å². The van der Waals surface area contributed by atoms with Crippen molar-refractivity contribution in [2.45, 2.75) is 38.0 Å². The molecule has 22 heavy (non-hydrogen) atoms. The minimum absolute atomic E-state index is 0.162. The number of ether oxygens (including phenoxy) is 1. The summed E-state index contributed by atoms with van der Waals surface area (Å²) >= 11 is 0. The van der Waals surface area contributed by atoms with Crippen molar-refractivity contribution in [3.05, 3.63) is 35.9 Å². The third kappa shape index (κ3) is 2.74. The van der Waals surface area contributed by atoms with E-state index in [0.717, 1.165) is 37.8 Å². The van der Waals surface area contributed by atoms with Gasteiger partial charge < -0.3 is 9.64 Å². The summed E-state index contributed by atoms with van der Waals surface area (Å²) in [6.45, 7) is 3.48. The first-order valence-corrected chi connectivity index (χ1v) is 8.19. The maximum atomic E-state index is 13.0. The van der Waals surface area contributed by atoms with Crippen molar-refractivity contribution >= 4 is 11.9 Å². The lowest BCUT2D eigenvalue weighted by Gasteiger charge is -2.34. The van der Waals surface area contributed by atoms with Crippen LogP contribution in [0, 0.1) is 5.92 Å². The summed E-state index contributed by atoms with van der Waals surface area (Å²) in [5.74, 6) is -0.138. The van der Waals surface area contributed by atoms with Gasteiger partial charge in [0.2, 0.25) is 5.91 Å². The van der Waals surface area contributed by atoms with Crippen LogP contribution < -0.4 is 0 Å². The smallest absolute Gasteiger partial charge is 0.310 e. The highest BCUT2D eigenvalue weighted by molar-refractivity contribution is 5.91. The molecule has 1 unspecified atom stereocenters. The lowest BCUT2D eigenvalue weighted by Crippen LogP contribution is -2.47. The number of benzene rings is 1. The molecule has 0 N–H and O–H groups in total. The van der Waals surface area contributed by atoms with Gasteiger partial charge in [-0.05, 0) is 38.2 Å². The molecular formula is C18H23NO3. The van der Waals surface area contributed by atoms with Crippen molar-refractivity contribution in [1.82, 2.24) is 4.90 Å². The molecule has 1 aliphatic heterocycles. The number of carbonyl (C=O) groups excluding carboxylic acids is 2. The molecule has 1 heterocycles. The zero-order chi connectivity index (χ0) is 15.6. The first-order chi connectivity index (χ1) is 10.7. The van der Waals surface area contributed by atoms with E-state index >= 15 is 0 Å². The van der Waals surface area contributed by atoms with Gasteiger partial charge in [0.05, 0.1) is 17.9 Å². The summed E-state index contributed by atoms with van der Waals surface area (Å²) in [5.41, 5.74) is 0.774. The van der Waals surface area contributed by atoms with Gasteiger partial charge in [-0.15, -0.1) is 0 Å². The zero-order valence-corrected chi connectivity index (χ0v) is 13.1. The van der Waals surface area contributed by atoms with Crippen molar-refractivity contribution in [3.8, 4) is 0 Å². The summed E-state index contributed by atoms with van der Waals surface area (Å²) in [6, 6.07) is 10.0. The number of esters is 1. The maximum Gasteiger partial charge on any atom is 0.310 e. The molecular weight excluding hydrogens is 278 g/mol. The summed E-state index contributed by atoms with van der Waals surface area (Å²) in [5, 5.41) is 0. The van der Waals surface area contributed by atoms with Crippen LogP contribution in [0.3, 0.4) is 0 Å². The van der Waals surface area contributed by atoms with Gasteiger partial charge in [0, 0.05) is 13.1 Å². The van der Waals surface area contributed by atoms with Crippen LogP contribution in [0.4, 0.5) is 0 Å². The van der Waals surface area contributed by atoms with Crippen LogP contribution in [0.5, 0.6) is 0 Å². The van der Waals surface area contributed by atoms with Crippen LogP contribution in [-0.4, -0.2) is 36.5 Å². The van der Waals surface area contributed by atoms with Crippen molar-refractivity contribution < 1.29 is 14.3 Å². The molecule has 1 aromatic carbocycles. The molecule has 1 atom stereocenters. The average Bonchev–Trinajstić information content (AvgIpc) is 3.37. The van der Waals surface area contributed by atoms with E-state index in [1.54, 1.807) is 0 Å². The van der Waals surface area contributed by atoms with Crippen LogP contribution in [0.25, 0.3) is 0 Å². The molecule has 4 heteroatoms. The number of carbonyl (C=O) groups is 2. The Hall–Kier alpha value is -1.84. The standard InChI is InChI=1S/C18H23NO3/c1-2-22-16(20)14-7-6-12-19(13-14)17(21)18(10-11-18)15-8-4-3-5-9-15/h3-5,8-9,14H,2,6-7,10-13H2,1H3. The summed E-state index contributed by atoms with van der Waals surface area (Å²) in [6.07, 6.45) is 3.52. The highest BCUT2D eigenvalue weighted by Crippen LogP contribution is 2.49. The molecule has 1 amide bonds. The van der Waals surface area contributed by atoms with Gasteiger partial charge in [0.1, 0.15) is 0 Å². The van der Waals surface area contributed by atoms with Crippen LogP contribution in [0.2, 0.25) is 0 Å². The number of rotatable bonds is 4. The molecule has 1 aliphatic carbocycles. The Kier molecular flexibility index (Phi) is 4.19. The van der Waals surface area contributed by atoms with Crippen LogP contribution >= 0.6 is 0 Å². The van der Waals surface area contributed by atoms with Gasteiger partial charge in [-0.2, -0.15) is 0 Å². The van der Waals surface area contributed by atoms with E-state index in [-0.39, 0.29) is 23.2 Å². The van der Waals surface area contributed by atoms with Crippen LogP contribution in [-0.2, 0) is 19.7 Å². The quantitative estimate of drug-likeness (QED) is 0.803. The van der Waals surface area contributed by atoms with E-state index in [1.807, 2.05) is 42.2 Å². The molecule has 0 radical (unpaired) electrons. The fourth-order valence-corrected chi connectivity index (χ4v) is 3.42. The van der Waals surface area contributed by atoms with Crippen molar-refractivity contribution in [2.24, 2.45) is 5.92 Å². The minimum atomic E-state index is -0.336.